The lowest BCUT2D eigenvalue weighted by Gasteiger charge is -2.32. The summed E-state index contributed by atoms with van der Waals surface area (Å²) in [6.45, 7) is 8.32. The van der Waals surface area contributed by atoms with Gasteiger partial charge in [-0.15, -0.1) is 0 Å². The molecule has 3 rings (SSSR count). The number of nitrogens with zero attached hydrogens (tertiary/aromatic N) is 1. The Morgan fingerprint density at radius 3 is 2.50 bits per heavy atom. The molecule has 0 aliphatic carbocycles. The average molecular weight is 244 g/mol. The molecule has 0 spiro atoms. The van der Waals surface area contributed by atoms with Crippen LogP contribution in [0.4, 0.5) is 0 Å². The minimum atomic E-state index is 0.538. The summed E-state index contributed by atoms with van der Waals surface area (Å²) >= 11 is 0. The highest BCUT2D eigenvalue weighted by Gasteiger charge is 2.35. The van der Waals surface area contributed by atoms with E-state index in [0.29, 0.717) is 5.41 Å². The van der Waals surface area contributed by atoms with Crippen molar-refractivity contribution in [1.29, 1.82) is 0 Å². The van der Waals surface area contributed by atoms with Gasteiger partial charge < -0.3 is 5.32 Å². The molecule has 1 fully saturated rings. The number of benzene rings is 1. The van der Waals surface area contributed by atoms with Crippen molar-refractivity contribution in [2.45, 2.75) is 39.3 Å². The zero-order valence-electron chi connectivity index (χ0n) is 11.4. The number of fused-ring (bicyclic) bond motifs is 1. The first kappa shape index (κ1) is 12.2. The molecule has 18 heavy (non-hydrogen) atoms. The minimum Gasteiger partial charge on any atom is -0.316 e. The molecule has 1 unspecified atom stereocenters. The molecule has 2 heterocycles. The van der Waals surface area contributed by atoms with Gasteiger partial charge >= 0.3 is 0 Å². The highest BCUT2D eigenvalue weighted by molar-refractivity contribution is 5.30. The molecule has 2 aliphatic rings. The molecule has 0 bridgehead atoms. The third-order valence-corrected chi connectivity index (χ3v) is 4.58. The summed E-state index contributed by atoms with van der Waals surface area (Å²) in [5, 5.41) is 3.57. The van der Waals surface area contributed by atoms with Crippen molar-refractivity contribution in [3.8, 4) is 0 Å². The Kier molecular flexibility index (Phi) is 3.40. The van der Waals surface area contributed by atoms with E-state index in [1.165, 1.54) is 50.0 Å². The molecule has 0 aromatic heterocycles. The Labute approximate surface area is 110 Å². The Hall–Kier alpha value is -0.860. The van der Waals surface area contributed by atoms with Crippen molar-refractivity contribution in [3.05, 3.63) is 35.4 Å². The topological polar surface area (TPSA) is 15.3 Å². The van der Waals surface area contributed by atoms with E-state index in [1.807, 2.05) is 0 Å². The predicted molar refractivity (Wildman–Crippen MR) is 75.4 cm³/mol. The zero-order chi connectivity index (χ0) is 12.4. The molecule has 2 nitrogen and oxygen atoms in total. The zero-order valence-corrected chi connectivity index (χ0v) is 11.4. The maximum absolute atomic E-state index is 3.57. The van der Waals surface area contributed by atoms with E-state index in [4.69, 9.17) is 0 Å². The number of nitrogens with one attached hydrogen (secondary N) is 1. The van der Waals surface area contributed by atoms with E-state index in [0.717, 1.165) is 13.1 Å². The van der Waals surface area contributed by atoms with Crippen LogP contribution >= 0.6 is 0 Å². The number of rotatable bonds is 4. The standard InChI is InChI=1S/C16H24N2/c1-2-7-16(8-9-17-12-16)13-18-10-14-5-3-4-6-15(14)11-18/h3-6,17H,2,7-13H2,1H3. The number of hydrogen-bond acceptors (Lipinski definition) is 2. The highest BCUT2D eigenvalue weighted by atomic mass is 15.2. The van der Waals surface area contributed by atoms with Crippen LogP contribution in [-0.2, 0) is 13.1 Å². The van der Waals surface area contributed by atoms with Gasteiger partial charge in [0.25, 0.3) is 0 Å². The molecule has 1 atom stereocenters. The summed E-state index contributed by atoms with van der Waals surface area (Å²) in [6.07, 6.45) is 4.03. The van der Waals surface area contributed by atoms with Crippen molar-refractivity contribution in [2.24, 2.45) is 5.41 Å². The SMILES string of the molecule is CCCC1(CN2Cc3ccccc3C2)CCNC1. The van der Waals surface area contributed by atoms with Crippen LogP contribution in [0.15, 0.2) is 24.3 Å². The van der Waals surface area contributed by atoms with Crippen molar-refractivity contribution < 1.29 is 0 Å². The third-order valence-electron chi connectivity index (χ3n) is 4.58. The third kappa shape index (κ3) is 2.32. The Bertz CT molecular complexity index is 382. The largest absolute Gasteiger partial charge is 0.316 e. The number of hydrogen-bond donors (Lipinski definition) is 1. The summed E-state index contributed by atoms with van der Waals surface area (Å²) in [4.78, 5) is 2.65. The van der Waals surface area contributed by atoms with Crippen LogP contribution < -0.4 is 5.32 Å². The van der Waals surface area contributed by atoms with Crippen molar-refractivity contribution >= 4 is 0 Å². The van der Waals surface area contributed by atoms with Gasteiger partial charge in [0.1, 0.15) is 0 Å². The van der Waals surface area contributed by atoms with E-state index < -0.39 is 0 Å². The summed E-state index contributed by atoms with van der Waals surface area (Å²) < 4.78 is 0. The fourth-order valence-corrected chi connectivity index (χ4v) is 3.74. The van der Waals surface area contributed by atoms with Crippen molar-refractivity contribution in [1.82, 2.24) is 10.2 Å². The molecular weight excluding hydrogens is 220 g/mol. The molecule has 0 radical (unpaired) electrons. The quantitative estimate of drug-likeness (QED) is 0.876. The molecule has 2 aliphatic heterocycles. The molecule has 0 amide bonds. The van der Waals surface area contributed by atoms with Crippen LogP contribution in [0.1, 0.15) is 37.3 Å². The van der Waals surface area contributed by atoms with Crippen LogP contribution in [0.25, 0.3) is 0 Å². The van der Waals surface area contributed by atoms with Gasteiger partial charge in [-0.3, -0.25) is 4.90 Å². The smallest absolute Gasteiger partial charge is 0.0240 e. The van der Waals surface area contributed by atoms with Crippen molar-refractivity contribution in [3.63, 3.8) is 0 Å². The lowest BCUT2D eigenvalue weighted by Crippen LogP contribution is -2.36. The summed E-state index contributed by atoms with van der Waals surface area (Å²) in [6, 6.07) is 8.91. The summed E-state index contributed by atoms with van der Waals surface area (Å²) in [5.74, 6) is 0. The van der Waals surface area contributed by atoms with Gasteiger partial charge in [0.15, 0.2) is 0 Å². The molecule has 2 heteroatoms. The van der Waals surface area contributed by atoms with Crippen LogP contribution in [0.2, 0.25) is 0 Å². The van der Waals surface area contributed by atoms with Crippen LogP contribution in [0.5, 0.6) is 0 Å². The Balaban J connectivity index is 1.67. The fraction of sp³-hybridized carbons (Fsp3) is 0.625. The lowest BCUT2D eigenvalue weighted by atomic mass is 9.82. The summed E-state index contributed by atoms with van der Waals surface area (Å²) in [7, 11) is 0. The second-order valence-electron chi connectivity index (χ2n) is 6.09. The Morgan fingerprint density at radius 1 is 1.22 bits per heavy atom. The van der Waals surface area contributed by atoms with E-state index in [-0.39, 0.29) is 0 Å². The van der Waals surface area contributed by atoms with Gasteiger partial charge in [0.05, 0.1) is 0 Å². The first-order chi connectivity index (χ1) is 8.81. The first-order valence-corrected chi connectivity index (χ1v) is 7.31. The monoisotopic (exact) mass is 244 g/mol. The van der Waals surface area contributed by atoms with Gasteiger partial charge in [-0.1, -0.05) is 37.6 Å². The second kappa shape index (κ2) is 5.02. The molecule has 1 N–H and O–H groups in total. The molecule has 1 saturated heterocycles. The fourth-order valence-electron chi connectivity index (χ4n) is 3.74. The minimum absolute atomic E-state index is 0.538. The average Bonchev–Trinajstić information content (AvgIpc) is 2.96. The maximum Gasteiger partial charge on any atom is 0.0240 e. The Morgan fingerprint density at radius 2 is 1.94 bits per heavy atom. The van der Waals surface area contributed by atoms with E-state index in [1.54, 1.807) is 0 Å². The van der Waals surface area contributed by atoms with E-state index in [2.05, 4.69) is 41.4 Å². The van der Waals surface area contributed by atoms with E-state index in [9.17, 15) is 0 Å². The van der Waals surface area contributed by atoms with Gasteiger partial charge in [0, 0.05) is 26.2 Å². The van der Waals surface area contributed by atoms with Gasteiger partial charge in [-0.05, 0) is 35.9 Å². The molecule has 1 aromatic carbocycles. The maximum atomic E-state index is 3.57. The van der Waals surface area contributed by atoms with Gasteiger partial charge in [-0.25, -0.2) is 0 Å². The van der Waals surface area contributed by atoms with Crippen LogP contribution in [0.3, 0.4) is 0 Å². The van der Waals surface area contributed by atoms with Gasteiger partial charge in [0.2, 0.25) is 0 Å². The van der Waals surface area contributed by atoms with Crippen molar-refractivity contribution in [2.75, 3.05) is 19.6 Å². The molecule has 1 aromatic rings. The first-order valence-electron chi connectivity index (χ1n) is 7.31. The lowest BCUT2D eigenvalue weighted by molar-refractivity contribution is 0.152. The predicted octanol–water partition coefficient (Wildman–Crippen LogP) is 2.78. The molecule has 0 saturated carbocycles. The summed E-state index contributed by atoms with van der Waals surface area (Å²) in [5.41, 5.74) is 3.61. The highest BCUT2D eigenvalue weighted by Crippen LogP contribution is 2.34. The van der Waals surface area contributed by atoms with Crippen LogP contribution in [0, 0.1) is 5.41 Å². The van der Waals surface area contributed by atoms with E-state index >= 15 is 0 Å². The molecular formula is C16H24N2. The van der Waals surface area contributed by atoms with Crippen LogP contribution in [-0.4, -0.2) is 24.5 Å². The molecule has 98 valence electrons. The normalized spacial score (nSPS) is 27.6. The van der Waals surface area contributed by atoms with Gasteiger partial charge in [-0.2, -0.15) is 0 Å². The second-order valence-corrected chi connectivity index (χ2v) is 6.09.